The van der Waals surface area contributed by atoms with Crippen LogP contribution in [0.4, 0.5) is 0 Å². The highest BCUT2D eigenvalue weighted by Gasteiger charge is 2.21. The van der Waals surface area contributed by atoms with Gasteiger partial charge in [-0.2, -0.15) is 0 Å². The van der Waals surface area contributed by atoms with E-state index in [1.165, 1.54) is 31.2 Å². The molecule has 0 bridgehead atoms. The van der Waals surface area contributed by atoms with Crippen LogP contribution >= 0.6 is 0 Å². The third kappa shape index (κ3) is 2.56. The zero-order valence-electron chi connectivity index (χ0n) is 9.99. The largest absolute Gasteiger partial charge is 0.497 e. The molecule has 0 unspecified atom stereocenters. The zero-order chi connectivity index (χ0) is 11.4. The number of methoxy groups -OCH3 is 1. The van der Waals surface area contributed by atoms with Crippen molar-refractivity contribution in [3.63, 3.8) is 0 Å². The van der Waals surface area contributed by atoms with Gasteiger partial charge in [-0.15, -0.1) is 0 Å². The van der Waals surface area contributed by atoms with Gasteiger partial charge in [0.15, 0.2) is 0 Å². The Bertz CT molecular complexity index is 312. The molecule has 0 atom stereocenters. The second-order valence-corrected chi connectivity index (χ2v) is 4.73. The first-order valence-electron chi connectivity index (χ1n) is 6.17. The summed E-state index contributed by atoms with van der Waals surface area (Å²) in [6.45, 7) is 0.856. The fourth-order valence-electron chi connectivity index (χ4n) is 2.61. The predicted molar refractivity (Wildman–Crippen MR) is 66.7 cm³/mol. The molecule has 0 saturated heterocycles. The van der Waals surface area contributed by atoms with Crippen LogP contribution in [0.25, 0.3) is 0 Å². The molecule has 1 saturated carbocycles. The Morgan fingerprint density at radius 1 is 1.12 bits per heavy atom. The molecule has 0 aliphatic heterocycles. The lowest BCUT2D eigenvalue weighted by Crippen LogP contribution is -2.20. The number of ether oxygens (including phenoxy) is 1. The van der Waals surface area contributed by atoms with Crippen LogP contribution in [-0.4, -0.2) is 13.7 Å². The predicted octanol–water partition coefficient (Wildman–Crippen LogP) is 2.93. The van der Waals surface area contributed by atoms with E-state index in [-0.39, 0.29) is 0 Å². The van der Waals surface area contributed by atoms with Gasteiger partial charge in [0.2, 0.25) is 0 Å². The van der Waals surface area contributed by atoms with Crippen LogP contribution < -0.4 is 10.5 Å². The fraction of sp³-hybridized carbons (Fsp3) is 0.571. The lowest BCUT2D eigenvalue weighted by Gasteiger charge is -2.27. The Morgan fingerprint density at radius 2 is 1.75 bits per heavy atom. The van der Waals surface area contributed by atoms with Crippen molar-refractivity contribution in [1.82, 2.24) is 0 Å². The van der Waals surface area contributed by atoms with Crippen LogP contribution in [0.1, 0.15) is 37.2 Å². The van der Waals surface area contributed by atoms with E-state index in [4.69, 9.17) is 10.5 Å². The second-order valence-electron chi connectivity index (χ2n) is 4.73. The van der Waals surface area contributed by atoms with Gasteiger partial charge < -0.3 is 10.5 Å². The van der Waals surface area contributed by atoms with Crippen LogP contribution in [-0.2, 0) is 0 Å². The lowest BCUT2D eigenvalue weighted by molar-refractivity contribution is 0.332. The number of hydrogen-bond donors (Lipinski definition) is 1. The molecule has 0 amide bonds. The molecule has 2 heteroatoms. The quantitative estimate of drug-likeness (QED) is 0.848. The number of hydrogen-bond acceptors (Lipinski definition) is 2. The lowest BCUT2D eigenvalue weighted by atomic mass is 9.79. The number of nitrogens with two attached hydrogens (primary N) is 1. The minimum atomic E-state index is 0.730. The Kier molecular flexibility index (Phi) is 3.83. The maximum atomic E-state index is 5.71. The third-order valence-electron chi connectivity index (χ3n) is 3.77. The van der Waals surface area contributed by atoms with Crippen molar-refractivity contribution in [1.29, 1.82) is 0 Å². The van der Waals surface area contributed by atoms with Gasteiger partial charge in [0.1, 0.15) is 5.75 Å². The summed E-state index contributed by atoms with van der Waals surface area (Å²) >= 11 is 0. The number of rotatable bonds is 3. The van der Waals surface area contributed by atoms with Crippen molar-refractivity contribution >= 4 is 0 Å². The van der Waals surface area contributed by atoms with Crippen LogP contribution in [0.5, 0.6) is 5.75 Å². The van der Waals surface area contributed by atoms with Crippen molar-refractivity contribution in [2.45, 2.75) is 31.6 Å². The minimum absolute atomic E-state index is 0.730. The first-order chi connectivity index (χ1) is 7.83. The average Bonchev–Trinajstić information content (AvgIpc) is 2.39. The molecule has 1 fully saturated rings. The van der Waals surface area contributed by atoms with Crippen LogP contribution in [0.3, 0.4) is 0 Å². The maximum absolute atomic E-state index is 5.71. The van der Waals surface area contributed by atoms with E-state index in [0.29, 0.717) is 0 Å². The van der Waals surface area contributed by atoms with Crippen molar-refractivity contribution in [2.24, 2.45) is 11.7 Å². The molecule has 1 aliphatic rings. The minimum Gasteiger partial charge on any atom is -0.497 e. The molecular formula is C14H21NO. The van der Waals surface area contributed by atoms with E-state index >= 15 is 0 Å². The highest BCUT2D eigenvalue weighted by Crippen LogP contribution is 2.35. The van der Waals surface area contributed by atoms with E-state index in [9.17, 15) is 0 Å². The molecule has 0 spiro atoms. The van der Waals surface area contributed by atoms with Gasteiger partial charge in [-0.3, -0.25) is 0 Å². The van der Waals surface area contributed by atoms with Gasteiger partial charge in [0.05, 0.1) is 7.11 Å². The molecule has 2 nitrogen and oxygen atoms in total. The van der Waals surface area contributed by atoms with Crippen LogP contribution in [0, 0.1) is 5.92 Å². The summed E-state index contributed by atoms with van der Waals surface area (Å²) < 4.78 is 5.17. The van der Waals surface area contributed by atoms with Gasteiger partial charge in [-0.05, 0) is 61.8 Å². The zero-order valence-corrected chi connectivity index (χ0v) is 9.99. The summed E-state index contributed by atoms with van der Waals surface area (Å²) in [5, 5.41) is 0. The van der Waals surface area contributed by atoms with Crippen molar-refractivity contribution in [3.8, 4) is 5.75 Å². The Morgan fingerprint density at radius 3 is 2.25 bits per heavy atom. The van der Waals surface area contributed by atoms with E-state index in [2.05, 4.69) is 24.3 Å². The number of benzene rings is 1. The SMILES string of the molecule is COc1ccc(C2CCC(CN)CC2)cc1. The first-order valence-corrected chi connectivity index (χ1v) is 6.17. The van der Waals surface area contributed by atoms with Gasteiger partial charge in [0, 0.05) is 0 Å². The molecule has 1 aliphatic carbocycles. The molecule has 1 aromatic rings. The van der Waals surface area contributed by atoms with E-state index < -0.39 is 0 Å². The van der Waals surface area contributed by atoms with Gasteiger partial charge in [0.25, 0.3) is 0 Å². The summed E-state index contributed by atoms with van der Waals surface area (Å²) in [4.78, 5) is 0. The summed E-state index contributed by atoms with van der Waals surface area (Å²) in [5.74, 6) is 2.43. The molecule has 16 heavy (non-hydrogen) atoms. The van der Waals surface area contributed by atoms with Gasteiger partial charge in [-0.1, -0.05) is 12.1 Å². The van der Waals surface area contributed by atoms with Crippen LogP contribution in [0.2, 0.25) is 0 Å². The van der Waals surface area contributed by atoms with Gasteiger partial charge in [-0.25, -0.2) is 0 Å². The molecule has 0 radical (unpaired) electrons. The highest BCUT2D eigenvalue weighted by atomic mass is 16.5. The smallest absolute Gasteiger partial charge is 0.118 e. The van der Waals surface area contributed by atoms with E-state index in [1.807, 2.05) is 0 Å². The Balaban J connectivity index is 1.97. The molecule has 88 valence electrons. The topological polar surface area (TPSA) is 35.2 Å². The molecule has 2 N–H and O–H groups in total. The Labute approximate surface area is 97.8 Å². The summed E-state index contributed by atoms with van der Waals surface area (Å²) in [6.07, 6.45) is 5.14. The van der Waals surface area contributed by atoms with E-state index in [1.54, 1.807) is 7.11 Å². The van der Waals surface area contributed by atoms with Crippen LogP contribution in [0.15, 0.2) is 24.3 Å². The third-order valence-corrected chi connectivity index (χ3v) is 3.77. The summed E-state index contributed by atoms with van der Waals surface area (Å²) in [7, 11) is 1.71. The van der Waals surface area contributed by atoms with E-state index in [0.717, 1.165) is 24.1 Å². The summed E-state index contributed by atoms with van der Waals surface area (Å²) in [6, 6.07) is 8.52. The second kappa shape index (κ2) is 5.35. The first kappa shape index (κ1) is 11.5. The molecular weight excluding hydrogens is 198 g/mol. The van der Waals surface area contributed by atoms with Gasteiger partial charge >= 0.3 is 0 Å². The highest BCUT2D eigenvalue weighted by molar-refractivity contribution is 5.29. The molecule has 0 heterocycles. The summed E-state index contributed by atoms with van der Waals surface area (Å²) in [5.41, 5.74) is 7.16. The monoisotopic (exact) mass is 219 g/mol. The maximum Gasteiger partial charge on any atom is 0.118 e. The van der Waals surface area contributed by atoms with Crippen molar-refractivity contribution < 1.29 is 4.74 Å². The normalized spacial score (nSPS) is 25.4. The fourth-order valence-corrected chi connectivity index (χ4v) is 2.61. The molecule has 0 aromatic heterocycles. The van der Waals surface area contributed by atoms with Crippen molar-refractivity contribution in [3.05, 3.63) is 29.8 Å². The van der Waals surface area contributed by atoms with Crippen molar-refractivity contribution in [2.75, 3.05) is 13.7 Å². The average molecular weight is 219 g/mol. The Hall–Kier alpha value is -1.02. The molecule has 2 rings (SSSR count). The standard InChI is InChI=1S/C14H21NO/c1-16-14-8-6-13(7-9-14)12-4-2-11(10-15)3-5-12/h6-9,11-12H,2-5,10,15H2,1H3. The molecule has 1 aromatic carbocycles.